The van der Waals surface area contributed by atoms with Crippen molar-refractivity contribution in [1.82, 2.24) is 34.8 Å². The molecule has 0 N–H and O–H groups in total. The minimum Gasteiger partial charge on any atom is -0.480 e. The maximum absolute atomic E-state index is 12.9. The summed E-state index contributed by atoms with van der Waals surface area (Å²) in [5.74, 6) is 0.686. The first-order valence-electron chi connectivity index (χ1n) is 8.75. The van der Waals surface area contributed by atoms with Crippen molar-refractivity contribution in [1.29, 1.82) is 0 Å². The SMILES string of the molecule is COc1ccc(-n2nc(C(=O)N3C=CN(C)CC3)cc2-c2ccccn2)nn1. The van der Waals surface area contributed by atoms with Gasteiger partial charge in [0.05, 0.1) is 18.5 Å². The summed E-state index contributed by atoms with van der Waals surface area (Å²) in [5, 5.41) is 12.6. The van der Waals surface area contributed by atoms with Crippen LogP contribution in [-0.2, 0) is 0 Å². The van der Waals surface area contributed by atoms with Gasteiger partial charge in [0.15, 0.2) is 11.5 Å². The molecule has 3 aromatic rings. The van der Waals surface area contributed by atoms with E-state index in [4.69, 9.17) is 4.74 Å². The molecule has 9 nitrogen and oxygen atoms in total. The lowest BCUT2D eigenvalue weighted by Gasteiger charge is -2.26. The van der Waals surface area contributed by atoms with Crippen LogP contribution in [0.15, 0.2) is 55.0 Å². The van der Waals surface area contributed by atoms with Gasteiger partial charge in [0.25, 0.3) is 5.91 Å². The number of hydrogen-bond acceptors (Lipinski definition) is 7. The smallest absolute Gasteiger partial charge is 0.278 e. The van der Waals surface area contributed by atoms with Crippen molar-refractivity contribution in [2.45, 2.75) is 0 Å². The molecule has 9 heteroatoms. The van der Waals surface area contributed by atoms with E-state index in [-0.39, 0.29) is 5.91 Å². The lowest BCUT2D eigenvalue weighted by atomic mass is 10.2. The molecule has 3 aromatic heterocycles. The Morgan fingerprint density at radius 1 is 1.11 bits per heavy atom. The molecule has 1 amide bonds. The van der Waals surface area contributed by atoms with E-state index in [0.29, 0.717) is 35.3 Å². The van der Waals surface area contributed by atoms with Crippen molar-refractivity contribution in [2.75, 3.05) is 27.2 Å². The molecule has 0 unspecified atom stereocenters. The normalized spacial score (nSPS) is 13.6. The Balaban J connectivity index is 1.76. The number of carbonyl (C=O) groups excluding carboxylic acids is 1. The largest absolute Gasteiger partial charge is 0.480 e. The highest BCUT2D eigenvalue weighted by atomic mass is 16.5. The van der Waals surface area contributed by atoms with Gasteiger partial charge in [-0.15, -0.1) is 10.2 Å². The molecule has 0 atom stereocenters. The van der Waals surface area contributed by atoms with Gasteiger partial charge in [-0.3, -0.25) is 9.78 Å². The Bertz CT molecular complexity index is 999. The highest BCUT2D eigenvalue weighted by Gasteiger charge is 2.23. The lowest BCUT2D eigenvalue weighted by molar-refractivity contribution is 0.0796. The number of nitrogens with zero attached hydrogens (tertiary/aromatic N) is 7. The Morgan fingerprint density at radius 2 is 2.00 bits per heavy atom. The number of aromatic nitrogens is 5. The number of pyridine rings is 1. The first-order chi connectivity index (χ1) is 13.7. The van der Waals surface area contributed by atoms with Crippen LogP contribution in [0, 0.1) is 0 Å². The number of methoxy groups -OCH3 is 1. The number of rotatable bonds is 4. The predicted molar refractivity (Wildman–Crippen MR) is 102 cm³/mol. The average molecular weight is 377 g/mol. The summed E-state index contributed by atoms with van der Waals surface area (Å²) in [7, 11) is 3.49. The van der Waals surface area contributed by atoms with Gasteiger partial charge in [-0.1, -0.05) is 6.07 Å². The molecule has 142 valence electrons. The van der Waals surface area contributed by atoms with E-state index in [2.05, 4.69) is 20.3 Å². The number of hydrogen-bond donors (Lipinski definition) is 0. The molecule has 1 aliphatic rings. The Kier molecular flexibility index (Phi) is 4.71. The molecule has 28 heavy (non-hydrogen) atoms. The van der Waals surface area contributed by atoms with Crippen LogP contribution >= 0.6 is 0 Å². The summed E-state index contributed by atoms with van der Waals surface area (Å²) >= 11 is 0. The molecule has 0 radical (unpaired) electrons. The van der Waals surface area contributed by atoms with Crippen molar-refractivity contribution in [3.63, 3.8) is 0 Å². The van der Waals surface area contributed by atoms with Crippen LogP contribution in [0.5, 0.6) is 5.88 Å². The number of likely N-dealkylation sites (N-methyl/N-ethyl adjacent to an activating group) is 1. The molecule has 0 saturated heterocycles. The second-order valence-corrected chi connectivity index (χ2v) is 6.25. The third-order valence-electron chi connectivity index (χ3n) is 4.36. The fourth-order valence-electron chi connectivity index (χ4n) is 2.82. The molecule has 0 aliphatic carbocycles. The third kappa shape index (κ3) is 3.41. The van der Waals surface area contributed by atoms with Gasteiger partial charge in [-0.05, 0) is 24.3 Å². The van der Waals surface area contributed by atoms with E-state index < -0.39 is 0 Å². The molecular weight excluding hydrogens is 358 g/mol. The van der Waals surface area contributed by atoms with Gasteiger partial charge >= 0.3 is 0 Å². The molecule has 0 saturated carbocycles. The van der Waals surface area contributed by atoms with Gasteiger partial charge in [0.2, 0.25) is 5.88 Å². The van der Waals surface area contributed by atoms with Crippen molar-refractivity contribution >= 4 is 5.91 Å². The van der Waals surface area contributed by atoms with Crippen LogP contribution in [0.25, 0.3) is 17.2 Å². The van der Waals surface area contributed by atoms with Crippen molar-refractivity contribution in [3.8, 4) is 23.1 Å². The van der Waals surface area contributed by atoms with E-state index in [1.807, 2.05) is 36.3 Å². The molecule has 0 bridgehead atoms. The van der Waals surface area contributed by atoms with E-state index in [0.717, 1.165) is 6.54 Å². The molecule has 0 aromatic carbocycles. The van der Waals surface area contributed by atoms with Gasteiger partial charge in [0, 0.05) is 44.8 Å². The molecule has 0 spiro atoms. The quantitative estimate of drug-likeness (QED) is 0.682. The summed E-state index contributed by atoms with van der Waals surface area (Å²) in [6.45, 7) is 1.36. The molecule has 4 rings (SSSR count). The number of ether oxygens (including phenoxy) is 1. The maximum Gasteiger partial charge on any atom is 0.278 e. The third-order valence-corrected chi connectivity index (χ3v) is 4.36. The summed E-state index contributed by atoms with van der Waals surface area (Å²) in [6, 6.07) is 10.7. The minimum absolute atomic E-state index is 0.179. The van der Waals surface area contributed by atoms with Gasteiger partial charge in [0.1, 0.15) is 0 Å². The van der Waals surface area contributed by atoms with Gasteiger partial charge in [-0.2, -0.15) is 5.10 Å². The summed E-state index contributed by atoms with van der Waals surface area (Å²) in [5.41, 5.74) is 1.65. The average Bonchev–Trinajstić information content (AvgIpc) is 3.20. The highest BCUT2D eigenvalue weighted by molar-refractivity contribution is 5.94. The first kappa shape index (κ1) is 17.7. The van der Waals surface area contributed by atoms with Crippen LogP contribution < -0.4 is 4.74 Å². The van der Waals surface area contributed by atoms with E-state index in [1.54, 1.807) is 40.2 Å². The first-order valence-corrected chi connectivity index (χ1v) is 8.75. The fourth-order valence-corrected chi connectivity index (χ4v) is 2.82. The lowest BCUT2D eigenvalue weighted by Crippen LogP contribution is -2.36. The zero-order valence-electron chi connectivity index (χ0n) is 15.6. The van der Waals surface area contributed by atoms with E-state index >= 15 is 0 Å². The van der Waals surface area contributed by atoms with Crippen LogP contribution in [0.1, 0.15) is 10.5 Å². The topological polar surface area (TPSA) is 89.3 Å². The predicted octanol–water partition coefficient (Wildman–Crippen LogP) is 1.59. The Labute approximate surface area is 161 Å². The standard InChI is InChI=1S/C19H19N7O2/c1-24-9-11-25(12-10-24)19(27)15-13-16(14-5-3-4-8-20-14)26(23-15)17-6-7-18(28-2)22-21-17/h3-9,11,13H,10,12H2,1-2H3. The molecular formula is C19H19N7O2. The Morgan fingerprint density at radius 3 is 2.64 bits per heavy atom. The summed E-state index contributed by atoms with van der Waals surface area (Å²) < 4.78 is 6.63. The monoisotopic (exact) mass is 377 g/mol. The summed E-state index contributed by atoms with van der Waals surface area (Å²) in [6.07, 6.45) is 5.32. The number of carbonyl (C=O) groups is 1. The second-order valence-electron chi connectivity index (χ2n) is 6.25. The zero-order chi connectivity index (χ0) is 19.5. The fraction of sp³-hybridized carbons (Fsp3) is 0.211. The van der Waals surface area contributed by atoms with Crippen molar-refractivity contribution in [2.24, 2.45) is 0 Å². The molecule has 0 fully saturated rings. The molecule has 4 heterocycles. The maximum atomic E-state index is 12.9. The van der Waals surface area contributed by atoms with Crippen LogP contribution in [0.2, 0.25) is 0 Å². The highest BCUT2D eigenvalue weighted by Crippen LogP contribution is 2.23. The van der Waals surface area contributed by atoms with Crippen molar-refractivity contribution in [3.05, 3.63) is 60.7 Å². The summed E-state index contributed by atoms with van der Waals surface area (Å²) in [4.78, 5) is 21.0. The van der Waals surface area contributed by atoms with Crippen LogP contribution in [0.4, 0.5) is 0 Å². The number of amides is 1. The van der Waals surface area contributed by atoms with Crippen LogP contribution in [-0.4, -0.2) is 67.9 Å². The minimum atomic E-state index is -0.179. The zero-order valence-corrected chi connectivity index (χ0v) is 15.6. The van der Waals surface area contributed by atoms with Crippen LogP contribution in [0.3, 0.4) is 0 Å². The van der Waals surface area contributed by atoms with Gasteiger partial charge in [-0.25, -0.2) is 4.68 Å². The molecule has 1 aliphatic heterocycles. The van der Waals surface area contributed by atoms with Crippen molar-refractivity contribution < 1.29 is 9.53 Å². The van der Waals surface area contributed by atoms with Gasteiger partial charge < -0.3 is 14.5 Å². The second kappa shape index (κ2) is 7.47. The Hall–Kier alpha value is -3.75. The van der Waals surface area contributed by atoms with E-state index in [9.17, 15) is 4.79 Å². The van der Waals surface area contributed by atoms with E-state index in [1.165, 1.54) is 7.11 Å².